The molecule has 0 spiro atoms. The molecule has 170 valence electrons. The molecular formula is C26H27N3O4. The van der Waals surface area contributed by atoms with Crippen molar-refractivity contribution in [1.82, 2.24) is 15.2 Å². The van der Waals surface area contributed by atoms with Crippen LogP contribution in [-0.2, 0) is 16.0 Å². The van der Waals surface area contributed by atoms with Gasteiger partial charge in [0, 0.05) is 31.9 Å². The van der Waals surface area contributed by atoms with Gasteiger partial charge in [-0.3, -0.25) is 14.6 Å². The number of rotatable bonds is 7. The summed E-state index contributed by atoms with van der Waals surface area (Å²) >= 11 is 0. The van der Waals surface area contributed by atoms with E-state index in [1.54, 1.807) is 43.5 Å². The summed E-state index contributed by atoms with van der Waals surface area (Å²) in [5.74, 6) is 0.663. The van der Waals surface area contributed by atoms with Gasteiger partial charge in [-0.25, -0.2) is 0 Å². The van der Waals surface area contributed by atoms with Crippen molar-refractivity contribution in [2.45, 2.75) is 25.5 Å². The predicted octanol–water partition coefficient (Wildman–Crippen LogP) is 3.09. The van der Waals surface area contributed by atoms with E-state index in [-0.39, 0.29) is 11.8 Å². The third-order valence-electron chi connectivity index (χ3n) is 5.73. The molecule has 4 rings (SSSR count). The molecule has 7 nitrogen and oxygen atoms in total. The second-order valence-electron chi connectivity index (χ2n) is 7.89. The second-order valence-corrected chi connectivity index (χ2v) is 7.89. The van der Waals surface area contributed by atoms with Crippen molar-refractivity contribution in [2.75, 3.05) is 20.2 Å². The van der Waals surface area contributed by atoms with Gasteiger partial charge >= 0.3 is 0 Å². The molecule has 1 N–H and O–H groups in total. The quantitative estimate of drug-likeness (QED) is 0.605. The van der Waals surface area contributed by atoms with Crippen LogP contribution in [0.2, 0.25) is 0 Å². The lowest BCUT2D eigenvalue weighted by molar-refractivity contribution is -0.147. The number of aromatic nitrogens is 1. The first-order valence-corrected chi connectivity index (χ1v) is 10.9. The van der Waals surface area contributed by atoms with Gasteiger partial charge in [0.1, 0.15) is 6.04 Å². The zero-order valence-corrected chi connectivity index (χ0v) is 18.7. The first kappa shape index (κ1) is 22.3. The normalized spacial score (nSPS) is 16.6. The lowest BCUT2D eigenvalue weighted by Gasteiger charge is -2.36. The minimum Gasteiger partial charge on any atom is -0.493 e. The van der Waals surface area contributed by atoms with Crippen LogP contribution < -0.4 is 14.8 Å². The first-order valence-electron chi connectivity index (χ1n) is 10.9. The van der Waals surface area contributed by atoms with Crippen LogP contribution in [0, 0.1) is 0 Å². The van der Waals surface area contributed by atoms with Gasteiger partial charge in [0.05, 0.1) is 7.11 Å². The van der Waals surface area contributed by atoms with Crippen molar-refractivity contribution >= 4 is 11.8 Å². The lowest BCUT2D eigenvalue weighted by Crippen LogP contribution is -2.60. The molecule has 0 bridgehead atoms. The van der Waals surface area contributed by atoms with Crippen LogP contribution in [0.25, 0.3) is 11.1 Å². The number of benzene rings is 2. The number of carbonyl (C=O) groups is 2. The molecule has 0 aliphatic carbocycles. The molecule has 3 aromatic rings. The van der Waals surface area contributed by atoms with Crippen molar-refractivity contribution in [3.8, 4) is 22.6 Å². The average molecular weight is 446 g/mol. The molecule has 2 heterocycles. The van der Waals surface area contributed by atoms with Crippen molar-refractivity contribution in [1.29, 1.82) is 0 Å². The molecule has 1 fully saturated rings. The SMILES string of the molecule is COc1ccccc1OC(C)C(=O)N1CCNC(=O)C1Cc1ccc(-c2ccncc2)cc1. The number of ether oxygens (including phenoxy) is 2. The number of hydrogen-bond donors (Lipinski definition) is 1. The minimum atomic E-state index is -0.760. The number of carbonyl (C=O) groups excluding carboxylic acids is 2. The summed E-state index contributed by atoms with van der Waals surface area (Å²) in [5.41, 5.74) is 3.12. The molecular weight excluding hydrogens is 418 g/mol. The zero-order chi connectivity index (χ0) is 23.2. The fourth-order valence-electron chi connectivity index (χ4n) is 3.97. The second kappa shape index (κ2) is 10.2. The third kappa shape index (κ3) is 5.14. The van der Waals surface area contributed by atoms with Gasteiger partial charge in [0.2, 0.25) is 5.91 Å². The van der Waals surface area contributed by atoms with E-state index >= 15 is 0 Å². The molecule has 2 amide bonds. The summed E-state index contributed by atoms with van der Waals surface area (Å²) in [6.45, 7) is 2.55. The highest BCUT2D eigenvalue weighted by Crippen LogP contribution is 2.27. The van der Waals surface area contributed by atoms with Gasteiger partial charge in [-0.15, -0.1) is 0 Å². The third-order valence-corrected chi connectivity index (χ3v) is 5.73. The summed E-state index contributed by atoms with van der Waals surface area (Å²) in [6, 6.07) is 18.5. The minimum absolute atomic E-state index is 0.155. The van der Waals surface area contributed by atoms with Gasteiger partial charge < -0.3 is 19.7 Å². The van der Waals surface area contributed by atoms with Gasteiger partial charge in [0.25, 0.3) is 5.91 Å². The van der Waals surface area contributed by atoms with Crippen LogP contribution in [0.15, 0.2) is 73.1 Å². The van der Waals surface area contributed by atoms with Gasteiger partial charge in [-0.1, -0.05) is 36.4 Å². The topological polar surface area (TPSA) is 80.8 Å². The average Bonchev–Trinajstić information content (AvgIpc) is 2.86. The van der Waals surface area contributed by atoms with Crippen molar-refractivity contribution in [2.24, 2.45) is 0 Å². The van der Waals surface area contributed by atoms with E-state index in [0.717, 1.165) is 16.7 Å². The summed E-state index contributed by atoms with van der Waals surface area (Å²) in [7, 11) is 1.56. The number of nitrogens with zero attached hydrogens (tertiary/aromatic N) is 2. The van der Waals surface area contributed by atoms with Crippen LogP contribution in [-0.4, -0.2) is 54.0 Å². The smallest absolute Gasteiger partial charge is 0.264 e. The van der Waals surface area contributed by atoms with Crippen LogP contribution in [0.4, 0.5) is 0 Å². The van der Waals surface area contributed by atoms with Crippen molar-refractivity contribution in [3.05, 3.63) is 78.6 Å². The van der Waals surface area contributed by atoms with Gasteiger partial charge in [-0.05, 0) is 47.9 Å². The number of piperazine rings is 1. The molecule has 0 saturated carbocycles. The molecule has 1 aromatic heterocycles. The predicted molar refractivity (Wildman–Crippen MR) is 125 cm³/mol. The highest BCUT2D eigenvalue weighted by atomic mass is 16.5. The van der Waals surface area contributed by atoms with Crippen LogP contribution in [0.3, 0.4) is 0 Å². The molecule has 2 unspecified atom stereocenters. The van der Waals surface area contributed by atoms with Gasteiger partial charge in [-0.2, -0.15) is 0 Å². The van der Waals surface area contributed by atoms with E-state index in [4.69, 9.17) is 9.47 Å². The highest BCUT2D eigenvalue weighted by Gasteiger charge is 2.36. The Kier molecular flexibility index (Phi) is 6.88. The van der Waals surface area contributed by atoms with Crippen LogP contribution >= 0.6 is 0 Å². The number of para-hydroxylation sites is 2. The summed E-state index contributed by atoms with van der Waals surface area (Å²) in [4.78, 5) is 31.6. The lowest BCUT2D eigenvalue weighted by atomic mass is 9.99. The Bertz CT molecular complexity index is 1100. The van der Waals surface area contributed by atoms with E-state index < -0.39 is 12.1 Å². The fourth-order valence-corrected chi connectivity index (χ4v) is 3.97. The Morgan fingerprint density at radius 3 is 2.42 bits per heavy atom. The molecule has 1 aliphatic heterocycles. The Balaban J connectivity index is 1.48. The van der Waals surface area contributed by atoms with Gasteiger partial charge in [0.15, 0.2) is 17.6 Å². The van der Waals surface area contributed by atoms with Crippen LogP contribution in [0.5, 0.6) is 11.5 Å². The van der Waals surface area contributed by atoms with E-state index in [9.17, 15) is 9.59 Å². The number of amides is 2. The molecule has 33 heavy (non-hydrogen) atoms. The standard InChI is InChI=1S/C26H27N3O4/c1-18(33-24-6-4-3-5-23(24)32-2)26(31)29-16-15-28-25(30)22(29)17-19-7-9-20(10-8-19)21-11-13-27-14-12-21/h3-14,18,22H,15-17H2,1-2H3,(H,28,30). The maximum atomic E-state index is 13.3. The molecule has 0 radical (unpaired) electrons. The Labute approximate surface area is 193 Å². The Hall–Kier alpha value is -3.87. The summed E-state index contributed by atoms with van der Waals surface area (Å²) < 4.78 is 11.2. The van der Waals surface area contributed by atoms with E-state index in [0.29, 0.717) is 31.0 Å². The molecule has 1 saturated heterocycles. The van der Waals surface area contributed by atoms with E-state index in [2.05, 4.69) is 10.3 Å². The number of pyridine rings is 1. The molecule has 7 heteroatoms. The summed E-state index contributed by atoms with van der Waals surface area (Å²) in [5, 5.41) is 2.88. The Morgan fingerprint density at radius 2 is 1.73 bits per heavy atom. The monoisotopic (exact) mass is 445 g/mol. The summed E-state index contributed by atoms with van der Waals surface area (Å²) in [6.07, 6.45) is 3.18. The first-order chi connectivity index (χ1) is 16.1. The van der Waals surface area contributed by atoms with Crippen molar-refractivity contribution in [3.63, 3.8) is 0 Å². The van der Waals surface area contributed by atoms with E-state index in [1.165, 1.54) is 0 Å². The molecule has 2 atom stereocenters. The van der Waals surface area contributed by atoms with Crippen molar-refractivity contribution < 1.29 is 19.1 Å². The number of hydrogen-bond acceptors (Lipinski definition) is 5. The molecule has 2 aromatic carbocycles. The maximum absolute atomic E-state index is 13.3. The number of nitrogens with one attached hydrogen (secondary N) is 1. The molecule has 1 aliphatic rings. The zero-order valence-electron chi connectivity index (χ0n) is 18.7. The largest absolute Gasteiger partial charge is 0.493 e. The highest BCUT2D eigenvalue weighted by molar-refractivity contribution is 5.90. The maximum Gasteiger partial charge on any atom is 0.264 e. The number of methoxy groups -OCH3 is 1. The fraction of sp³-hybridized carbons (Fsp3) is 0.269. The Morgan fingerprint density at radius 1 is 1.06 bits per heavy atom. The van der Waals surface area contributed by atoms with Crippen LogP contribution in [0.1, 0.15) is 12.5 Å². The van der Waals surface area contributed by atoms with E-state index in [1.807, 2.05) is 48.5 Å².